The second-order valence-electron chi connectivity index (χ2n) is 12.4. The summed E-state index contributed by atoms with van der Waals surface area (Å²) in [7, 11) is 0. The van der Waals surface area contributed by atoms with E-state index in [0.717, 1.165) is 41.5 Å². The number of aryl methyl sites for hydroxylation is 1. The molecule has 3 aromatic carbocycles. The summed E-state index contributed by atoms with van der Waals surface area (Å²) in [5, 5.41) is 31.2. The zero-order valence-electron chi connectivity index (χ0n) is 29.2. The van der Waals surface area contributed by atoms with Gasteiger partial charge in [-0.1, -0.05) is 48.5 Å². The molecule has 1 aromatic heterocycles. The fraction of sp³-hybridized carbons (Fsp3) is 0.324. The maximum Gasteiger partial charge on any atom is 0.490 e. The number of hydroxylamine groups is 1. The van der Waals surface area contributed by atoms with Gasteiger partial charge >= 0.3 is 24.3 Å². The van der Waals surface area contributed by atoms with Crippen LogP contribution in [0.3, 0.4) is 0 Å². The highest BCUT2D eigenvalue weighted by atomic mass is 19.4. The number of nitrogens with zero attached hydrogens (tertiary/aromatic N) is 1. The average Bonchev–Trinajstić information content (AvgIpc) is 3.14. The number of amides is 2. The Morgan fingerprint density at radius 1 is 0.836 bits per heavy atom. The molecule has 0 aliphatic heterocycles. The highest BCUT2D eigenvalue weighted by molar-refractivity contribution is 5.95. The largest absolute Gasteiger partial charge is 0.490 e. The number of hydrogen-bond acceptors (Lipinski definition) is 8. The highest BCUT2D eigenvalue weighted by Gasteiger charge is 2.40. The van der Waals surface area contributed by atoms with Gasteiger partial charge in [-0.2, -0.15) is 26.3 Å². The SMILES string of the molecule is Cc1cc(COc2ccc(C(=O)N[C@]3(CC(=O)NO)CC[C@@H](NCc4ccccc4)CC3)cc2)c2ccccc2n1.O=C(O)C(F)(F)F.O=C(O)C(F)(F)F. The molecule has 0 bridgehead atoms. The van der Waals surface area contributed by atoms with E-state index in [4.69, 9.17) is 24.5 Å². The van der Waals surface area contributed by atoms with Gasteiger partial charge in [0.05, 0.1) is 11.9 Å². The number of carbonyl (C=O) groups excluding carboxylic acids is 2. The van der Waals surface area contributed by atoms with Gasteiger partial charge in [0.15, 0.2) is 0 Å². The Labute approximate surface area is 310 Å². The summed E-state index contributed by atoms with van der Waals surface area (Å²) in [5.74, 6) is -5.63. The van der Waals surface area contributed by atoms with Crippen LogP contribution in [-0.2, 0) is 27.5 Å². The second kappa shape index (κ2) is 19.5. The smallest absolute Gasteiger partial charge is 0.489 e. The normalized spacial score (nSPS) is 16.7. The monoisotopic (exact) mass is 780 g/mol. The molecule has 0 spiro atoms. The number of benzene rings is 3. The van der Waals surface area contributed by atoms with Crippen LogP contribution in [0.25, 0.3) is 10.9 Å². The van der Waals surface area contributed by atoms with E-state index < -0.39 is 35.7 Å². The number of aromatic nitrogens is 1. The number of carboxylic acids is 2. The number of fused-ring (bicyclic) bond motifs is 1. The molecule has 18 heteroatoms. The summed E-state index contributed by atoms with van der Waals surface area (Å²) in [6, 6.07) is 27.5. The number of carboxylic acid groups (broad SMARTS) is 2. The van der Waals surface area contributed by atoms with Crippen molar-refractivity contribution in [3.05, 3.63) is 107 Å². The van der Waals surface area contributed by atoms with Crippen LogP contribution in [0.5, 0.6) is 5.75 Å². The molecule has 296 valence electrons. The van der Waals surface area contributed by atoms with Gasteiger partial charge in [-0.3, -0.25) is 19.8 Å². The van der Waals surface area contributed by atoms with Crippen LogP contribution in [0.15, 0.2) is 84.9 Å². The van der Waals surface area contributed by atoms with E-state index in [1.54, 1.807) is 29.7 Å². The van der Waals surface area contributed by atoms with E-state index in [0.29, 0.717) is 30.8 Å². The van der Waals surface area contributed by atoms with Gasteiger partial charge in [0, 0.05) is 40.3 Å². The molecule has 6 N–H and O–H groups in total. The molecule has 1 fully saturated rings. The van der Waals surface area contributed by atoms with Gasteiger partial charge in [0.2, 0.25) is 5.91 Å². The highest BCUT2D eigenvalue weighted by Crippen LogP contribution is 2.32. The first-order valence-electron chi connectivity index (χ1n) is 16.5. The average molecular weight is 781 g/mol. The number of nitrogens with one attached hydrogen (secondary N) is 3. The minimum atomic E-state index is -5.08. The molecule has 1 aliphatic carbocycles. The van der Waals surface area contributed by atoms with Crippen molar-refractivity contribution >= 4 is 34.7 Å². The zero-order chi connectivity index (χ0) is 40.8. The summed E-state index contributed by atoms with van der Waals surface area (Å²) >= 11 is 0. The Hall–Kier alpha value is -5.75. The van der Waals surface area contributed by atoms with Crippen LogP contribution >= 0.6 is 0 Å². The first-order chi connectivity index (χ1) is 25.8. The van der Waals surface area contributed by atoms with E-state index >= 15 is 0 Å². The van der Waals surface area contributed by atoms with Crippen molar-refractivity contribution in [2.45, 2.75) is 76.1 Å². The van der Waals surface area contributed by atoms with E-state index in [-0.39, 0.29) is 18.4 Å². The van der Waals surface area contributed by atoms with Gasteiger partial charge in [-0.25, -0.2) is 15.1 Å². The molecule has 1 aliphatic rings. The van der Waals surface area contributed by atoms with E-state index in [9.17, 15) is 41.1 Å². The van der Waals surface area contributed by atoms with Crippen molar-refractivity contribution in [1.29, 1.82) is 0 Å². The lowest BCUT2D eigenvalue weighted by atomic mass is 9.76. The van der Waals surface area contributed by atoms with Crippen LogP contribution in [-0.4, -0.2) is 68.1 Å². The minimum Gasteiger partial charge on any atom is -0.489 e. The van der Waals surface area contributed by atoms with Crippen molar-refractivity contribution in [3.8, 4) is 5.75 Å². The molecule has 0 atom stereocenters. The van der Waals surface area contributed by atoms with Crippen molar-refractivity contribution < 1.29 is 65.7 Å². The number of halogens is 6. The third-order valence-electron chi connectivity index (χ3n) is 8.31. The predicted molar refractivity (Wildman–Crippen MR) is 185 cm³/mol. The number of para-hydroxylation sites is 1. The van der Waals surface area contributed by atoms with Crippen molar-refractivity contribution in [1.82, 2.24) is 21.1 Å². The third-order valence-corrected chi connectivity index (χ3v) is 8.31. The number of hydrogen-bond donors (Lipinski definition) is 6. The molecule has 12 nitrogen and oxygen atoms in total. The first kappa shape index (κ1) is 43.7. The van der Waals surface area contributed by atoms with Crippen LogP contribution in [0.4, 0.5) is 26.3 Å². The van der Waals surface area contributed by atoms with Crippen molar-refractivity contribution in [2.24, 2.45) is 0 Å². The Balaban J connectivity index is 0.000000494. The summed E-state index contributed by atoms with van der Waals surface area (Å²) in [6.45, 7) is 3.12. The van der Waals surface area contributed by atoms with Crippen molar-refractivity contribution in [2.75, 3.05) is 0 Å². The van der Waals surface area contributed by atoms with E-state index in [2.05, 4.69) is 27.8 Å². The van der Waals surface area contributed by atoms with Gasteiger partial charge < -0.3 is 25.6 Å². The Kier molecular flexibility index (Phi) is 15.5. The van der Waals surface area contributed by atoms with Crippen LogP contribution < -0.4 is 20.9 Å². The Morgan fingerprint density at radius 2 is 1.38 bits per heavy atom. The van der Waals surface area contributed by atoms with Crippen LogP contribution in [0.1, 0.15) is 59.3 Å². The Bertz CT molecular complexity index is 1880. The van der Waals surface area contributed by atoms with Gasteiger partial charge in [0.1, 0.15) is 12.4 Å². The molecule has 1 heterocycles. The molecule has 0 radical (unpaired) electrons. The lowest BCUT2D eigenvalue weighted by Gasteiger charge is -2.40. The third kappa shape index (κ3) is 14.2. The number of aliphatic carboxylic acids is 2. The predicted octanol–water partition coefficient (Wildman–Crippen LogP) is 6.49. The fourth-order valence-electron chi connectivity index (χ4n) is 5.62. The number of alkyl halides is 6. The summed E-state index contributed by atoms with van der Waals surface area (Å²) < 4.78 is 69.5. The molecule has 5 rings (SSSR count). The molecule has 0 unspecified atom stereocenters. The topological polar surface area (TPSA) is 187 Å². The lowest BCUT2D eigenvalue weighted by molar-refractivity contribution is -0.193. The number of ether oxygens (including phenoxy) is 1. The quantitative estimate of drug-likeness (QED) is 0.0591. The molecular formula is C37H38F6N4O8. The standard InChI is InChI=1S/C33H36N4O4.2C2HF3O2/c1-23-19-26(29-9-5-6-10-30(29)35-23)22-41-28-13-11-25(12-14-28)32(39)36-33(20-31(38)37-40)17-15-27(16-18-33)34-21-24-7-3-2-4-8-24;2*3-2(4,5)1(6)7/h2-14,19,27,34,40H,15-18,20-22H2,1H3,(H,36,39)(H,37,38);2*(H,6,7)/t27-,33-;;. The molecular weight excluding hydrogens is 742 g/mol. The van der Waals surface area contributed by atoms with E-state index in [1.807, 2.05) is 55.5 Å². The second-order valence-corrected chi connectivity index (χ2v) is 12.4. The molecule has 0 saturated heterocycles. The first-order valence-corrected chi connectivity index (χ1v) is 16.5. The minimum absolute atomic E-state index is 0.0150. The van der Waals surface area contributed by atoms with Crippen LogP contribution in [0, 0.1) is 6.92 Å². The zero-order valence-corrected chi connectivity index (χ0v) is 29.2. The Morgan fingerprint density at radius 3 is 1.93 bits per heavy atom. The fourth-order valence-corrected chi connectivity index (χ4v) is 5.62. The molecule has 4 aromatic rings. The maximum absolute atomic E-state index is 13.3. The molecule has 2 amide bonds. The summed E-state index contributed by atoms with van der Waals surface area (Å²) in [5.41, 5.74) is 5.61. The van der Waals surface area contributed by atoms with Gasteiger partial charge in [-0.15, -0.1) is 0 Å². The van der Waals surface area contributed by atoms with Crippen LogP contribution in [0.2, 0.25) is 0 Å². The number of rotatable bonds is 10. The lowest BCUT2D eigenvalue weighted by Crippen LogP contribution is -2.54. The van der Waals surface area contributed by atoms with Crippen molar-refractivity contribution in [3.63, 3.8) is 0 Å². The van der Waals surface area contributed by atoms with E-state index in [1.165, 1.54) is 5.56 Å². The molecule has 55 heavy (non-hydrogen) atoms. The molecule has 1 saturated carbocycles. The number of carbonyl (C=O) groups is 4. The summed E-state index contributed by atoms with van der Waals surface area (Å²) in [6.07, 6.45) is -7.29. The summed E-state index contributed by atoms with van der Waals surface area (Å²) in [4.78, 5) is 47.8. The van der Waals surface area contributed by atoms with Gasteiger partial charge in [-0.05, 0) is 74.6 Å². The van der Waals surface area contributed by atoms with Gasteiger partial charge in [0.25, 0.3) is 5.91 Å². The number of pyridine rings is 1. The maximum atomic E-state index is 13.3.